The van der Waals surface area contributed by atoms with Crippen LogP contribution in [-0.2, 0) is 11.2 Å². The zero-order valence-corrected chi connectivity index (χ0v) is 16.6. The number of para-hydroxylation sites is 2. The molecule has 28 heavy (non-hydrogen) atoms. The molecule has 3 rings (SSSR count). The second-order valence-corrected chi connectivity index (χ2v) is 6.26. The van der Waals surface area contributed by atoms with Gasteiger partial charge in [0, 0.05) is 24.8 Å². The largest absolute Gasteiger partial charge is 0.433 e. The van der Waals surface area contributed by atoms with Gasteiger partial charge in [0.2, 0.25) is 5.91 Å². The van der Waals surface area contributed by atoms with Crippen LogP contribution in [0.2, 0.25) is 0 Å². The molecule has 1 unspecified atom stereocenters. The number of hydrogen-bond acceptors (Lipinski definition) is 4. The molecule has 1 amide bonds. The number of benzene rings is 2. The molecule has 1 saturated heterocycles. The topological polar surface area (TPSA) is 67.6 Å². The number of alkyl halides is 2. The van der Waals surface area contributed by atoms with E-state index in [1.807, 2.05) is 17.0 Å². The van der Waals surface area contributed by atoms with Crippen LogP contribution in [0.25, 0.3) is 0 Å². The van der Waals surface area contributed by atoms with Crippen molar-refractivity contribution in [3.05, 3.63) is 54.1 Å². The van der Waals surface area contributed by atoms with Gasteiger partial charge in [-0.25, -0.2) is 0 Å². The van der Waals surface area contributed by atoms with Gasteiger partial charge in [-0.3, -0.25) is 4.79 Å². The summed E-state index contributed by atoms with van der Waals surface area (Å²) in [6, 6.07) is 13.9. The molecule has 1 aliphatic rings. The second-order valence-electron chi connectivity index (χ2n) is 6.26. The molecule has 1 heterocycles. The van der Waals surface area contributed by atoms with Crippen molar-refractivity contribution in [2.45, 2.75) is 25.5 Å². The third-order valence-electron chi connectivity index (χ3n) is 4.32. The summed E-state index contributed by atoms with van der Waals surface area (Å²) in [6.07, 6.45) is 1.03. The minimum absolute atomic E-state index is 0. The summed E-state index contributed by atoms with van der Waals surface area (Å²) in [7, 11) is 0. The quantitative estimate of drug-likeness (QED) is 0.682. The fourth-order valence-corrected chi connectivity index (χ4v) is 3.11. The van der Waals surface area contributed by atoms with Crippen molar-refractivity contribution in [1.82, 2.24) is 5.32 Å². The lowest BCUT2D eigenvalue weighted by molar-refractivity contribution is -0.121. The average Bonchev–Trinajstić information content (AvgIpc) is 3.05. The normalized spacial score (nSPS) is 15.5. The lowest BCUT2D eigenvalue weighted by atomic mass is 10.1. The molecule has 154 valence electrons. The van der Waals surface area contributed by atoms with Crippen molar-refractivity contribution in [3.8, 4) is 5.75 Å². The van der Waals surface area contributed by atoms with Crippen LogP contribution in [0, 0.1) is 0 Å². The Morgan fingerprint density at radius 1 is 1.18 bits per heavy atom. The van der Waals surface area contributed by atoms with E-state index >= 15 is 0 Å². The van der Waals surface area contributed by atoms with Crippen molar-refractivity contribution < 1.29 is 18.3 Å². The van der Waals surface area contributed by atoms with Gasteiger partial charge in [0.25, 0.3) is 0 Å². The minimum Gasteiger partial charge on any atom is -0.433 e. The first kappa shape index (κ1) is 23.8. The van der Waals surface area contributed by atoms with E-state index in [4.69, 9.17) is 5.73 Å². The summed E-state index contributed by atoms with van der Waals surface area (Å²) in [4.78, 5) is 14.2. The van der Waals surface area contributed by atoms with Gasteiger partial charge in [-0.05, 0) is 36.2 Å². The van der Waals surface area contributed by atoms with E-state index in [9.17, 15) is 13.6 Å². The van der Waals surface area contributed by atoms with Gasteiger partial charge < -0.3 is 20.7 Å². The highest BCUT2D eigenvalue weighted by Gasteiger charge is 2.26. The number of nitrogens with zero attached hydrogens (tertiary/aromatic N) is 1. The number of nitrogens with two attached hydrogens (primary N) is 1. The van der Waals surface area contributed by atoms with Gasteiger partial charge >= 0.3 is 6.61 Å². The van der Waals surface area contributed by atoms with E-state index in [1.165, 1.54) is 6.07 Å². The molecule has 0 bridgehead atoms. The van der Waals surface area contributed by atoms with Gasteiger partial charge in [0.15, 0.2) is 0 Å². The Bertz CT molecular complexity index is 763. The maximum atomic E-state index is 12.6. The molecule has 1 aliphatic heterocycles. The molecule has 2 aromatic rings. The Hall–Kier alpha value is -2.25. The Labute approximate surface area is 175 Å². The predicted molar refractivity (Wildman–Crippen MR) is 111 cm³/mol. The highest BCUT2D eigenvalue weighted by Crippen LogP contribution is 2.31. The fourth-order valence-electron chi connectivity index (χ4n) is 3.11. The molecule has 1 atom stereocenters. The molecule has 1 fully saturated rings. The van der Waals surface area contributed by atoms with Crippen LogP contribution < -0.4 is 20.7 Å². The van der Waals surface area contributed by atoms with E-state index in [0.29, 0.717) is 24.5 Å². The van der Waals surface area contributed by atoms with Crippen LogP contribution in [-0.4, -0.2) is 31.7 Å². The maximum absolute atomic E-state index is 12.6. The average molecular weight is 434 g/mol. The van der Waals surface area contributed by atoms with Crippen molar-refractivity contribution in [2.24, 2.45) is 0 Å². The summed E-state index contributed by atoms with van der Waals surface area (Å²) < 4.78 is 29.7. The summed E-state index contributed by atoms with van der Waals surface area (Å²) in [5.74, 6) is 0.0788. The number of ether oxygens (including phenoxy) is 1. The van der Waals surface area contributed by atoms with Crippen LogP contribution >= 0.6 is 24.8 Å². The highest BCUT2D eigenvalue weighted by atomic mass is 35.5. The second kappa shape index (κ2) is 10.9. The smallest absolute Gasteiger partial charge is 0.387 e. The van der Waals surface area contributed by atoms with E-state index < -0.39 is 6.61 Å². The lowest BCUT2D eigenvalue weighted by Crippen LogP contribution is -2.38. The zero-order chi connectivity index (χ0) is 18.5. The summed E-state index contributed by atoms with van der Waals surface area (Å²) >= 11 is 0. The molecule has 2 aromatic carbocycles. The monoisotopic (exact) mass is 433 g/mol. The van der Waals surface area contributed by atoms with E-state index in [0.717, 1.165) is 12.0 Å². The first-order valence-corrected chi connectivity index (χ1v) is 8.44. The highest BCUT2D eigenvalue weighted by molar-refractivity contribution is 5.85. The Morgan fingerprint density at radius 2 is 1.86 bits per heavy atom. The van der Waals surface area contributed by atoms with Crippen LogP contribution in [0.3, 0.4) is 0 Å². The Balaban J connectivity index is 0.00000196. The van der Waals surface area contributed by atoms with Gasteiger partial charge in [-0.2, -0.15) is 8.78 Å². The molecule has 0 saturated carbocycles. The zero-order valence-electron chi connectivity index (χ0n) is 15.0. The molecular weight excluding hydrogens is 411 g/mol. The van der Waals surface area contributed by atoms with Crippen molar-refractivity contribution in [3.63, 3.8) is 0 Å². The molecule has 0 radical (unpaired) electrons. The molecule has 5 nitrogen and oxygen atoms in total. The number of carbonyl (C=O) groups is 1. The lowest BCUT2D eigenvalue weighted by Gasteiger charge is -2.22. The van der Waals surface area contributed by atoms with E-state index in [-0.39, 0.29) is 48.9 Å². The van der Waals surface area contributed by atoms with Crippen molar-refractivity contribution in [2.75, 3.05) is 23.7 Å². The third kappa shape index (κ3) is 6.42. The number of hydrogen-bond donors (Lipinski definition) is 2. The van der Waals surface area contributed by atoms with Crippen LogP contribution in [0.15, 0.2) is 48.5 Å². The number of halogens is 4. The predicted octanol–water partition coefficient (Wildman–Crippen LogP) is 3.65. The van der Waals surface area contributed by atoms with E-state index in [2.05, 4.69) is 10.1 Å². The molecule has 0 aliphatic carbocycles. The Kier molecular flexibility index (Phi) is 9.28. The van der Waals surface area contributed by atoms with Gasteiger partial charge in [0.05, 0.1) is 12.1 Å². The number of carbonyl (C=O) groups excluding carboxylic acids is 1. The Morgan fingerprint density at radius 3 is 2.54 bits per heavy atom. The molecule has 9 heteroatoms. The van der Waals surface area contributed by atoms with Gasteiger partial charge in [-0.15, -0.1) is 24.8 Å². The van der Waals surface area contributed by atoms with Crippen LogP contribution in [0.5, 0.6) is 5.75 Å². The van der Waals surface area contributed by atoms with Crippen molar-refractivity contribution in [1.29, 1.82) is 0 Å². The number of nitrogens with one attached hydrogen (secondary N) is 1. The molecular formula is C19H23Cl2F2N3O2. The molecule has 0 aromatic heterocycles. The number of rotatable bonds is 6. The maximum Gasteiger partial charge on any atom is 0.387 e. The first-order chi connectivity index (χ1) is 12.5. The third-order valence-corrected chi connectivity index (χ3v) is 4.32. The summed E-state index contributed by atoms with van der Waals surface area (Å²) in [6.45, 7) is -1.65. The van der Waals surface area contributed by atoms with Crippen LogP contribution in [0.1, 0.15) is 12.0 Å². The number of nitrogen functional groups attached to an aromatic ring is 1. The molecule has 0 spiro atoms. The van der Waals surface area contributed by atoms with E-state index in [1.54, 1.807) is 30.3 Å². The number of amides is 1. The van der Waals surface area contributed by atoms with Gasteiger partial charge in [0.1, 0.15) is 5.75 Å². The first-order valence-electron chi connectivity index (χ1n) is 8.44. The van der Waals surface area contributed by atoms with Crippen LogP contribution in [0.4, 0.5) is 20.2 Å². The SMILES string of the molecule is Cl.Cl.Nc1ccc(CC(=O)NC2CCN(c3ccccc3OC(F)F)C2)cc1. The summed E-state index contributed by atoms with van der Waals surface area (Å²) in [5.41, 5.74) is 7.80. The summed E-state index contributed by atoms with van der Waals surface area (Å²) in [5, 5.41) is 3.00. The van der Waals surface area contributed by atoms with Gasteiger partial charge in [-0.1, -0.05) is 24.3 Å². The number of anilines is 2. The minimum atomic E-state index is -2.87. The standard InChI is InChI=1S/C19H21F2N3O2.2ClH/c20-19(21)26-17-4-2-1-3-16(17)24-10-9-15(12-24)23-18(25)11-13-5-7-14(22)8-6-13;;/h1-8,15,19H,9-12,22H2,(H,23,25);2*1H. The fraction of sp³-hybridized carbons (Fsp3) is 0.316. The molecule has 3 N–H and O–H groups in total. The van der Waals surface area contributed by atoms with Crippen molar-refractivity contribution >= 4 is 42.1 Å².